The van der Waals surface area contributed by atoms with E-state index in [0.717, 1.165) is 11.1 Å². The number of aliphatic carboxylic acids is 2. The summed E-state index contributed by atoms with van der Waals surface area (Å²) in [5.41, 5.74) is 7.83. The van der Waals surface area contributed by atoms with Crippen LogP contribution >= 0.6 is 0 Å². The van der Waals surface area contributed by atoms with Crippen molar-refractivity contribution < 1.29 is 47.4 Å². The minimum atomic E-state index is -5.08. The van der Waals surface area contributed by atoms with Gasteiger partial charge in [0.05, 0.1) is 12.5 Å². The minimum Gasteiger partial charge on any atom is -0.481 e. The molecule has 3 rings (SSSR count). The lowest BCUT2D eigenvalue weighted by Crippen LogP contribution is -2.48. The first-order chi connectivity index (χ1) is 21.8. The van der Waals surface area contributed by atoms with Crippen molar-refractivity contribution in [3.63, 3.8) is 0 Å². The quantitative estimate of drug-likeness (QED) is 0.133. The number of nitrogens with zero attached hydrogens (tertiary/aromatic N) is 1. The van der Waals surface area contributed by atoms with Gasteiger partial charge in [-0.15, -0.1) is 0 Å². The van der Waals surface area contributed by atoms with Crippen molar-refractivity contribution in [1.82, 2.24) is 15.6 Å². The number of carboxylic acids is 2. The molecule has 0 spiro atoms. The first-order valence-corrected chi connectivity index (χ1v) is 14.0. The predicted octanol–water partition coefficient (Wildman–Crippen LogP) is 3.66. The van der Waals surface area contributed by atoms with Crippen LogP contribution in [0.15, 0.2) is 79.0 Å². The van der Waals surface area contributed by atoms with E-state index in [4.69, 9.17) is 15.6 Å². The third-order valence-corrected chi connectivity index (χ3v) is 6.24. The van der Waals surface area contributed by atoms with Gasteiger partial charge in [-0.3, -0.25) is 19.2 Å². The number of carbonyl (C=O) groups is 5. The average molecular weight is 646 g/mol. The number of carbonyl (C=O) groups excluding carboxylic acids is 3. The van der Waals surface area contributed by atoms with Gasteiger partial charge in [0.2, 0.25) is 17.7 Å². The summed E-state index contributed by atoms with van der Waals surface area (Å²) in [5, 5.41) is 25.1. The zero-order valence-electron chi connectivity index (χ0n) is 24.5. The van der Waals surface area contributed by atoms with Crippen molar-refractivity contribution in [3.05, 3.63) is 84.6 Å². The molecule has 0 saturated heterocycles. The molecule has 2 atom stereocenters. The summed E-state index contributed by atoms with van der Waals surface area (Å²) in [6.07, 6.45) is -3.28. The second-order valence-electron chi connectivity index (χ2n) is 9.82. The predicted molar refractivity (Wildman–Crippen MR) is 161 cm³/mol. The molecule has 0 radical (unpaired) electrons. The molecule has 0 aliphatic rings. The molecular weight excluding hydrogens is 611 g/mol. The van der Waals surface area contributed by atoms with E-state index in [9.17, 15) is 37.5 Å². The molecule has 1 aromatic heterocycles. The van der Waals surface area contributed by atoms with Crippen LogP contribution < -0.4 is 21.7 Å². The Hall–Kier alpha value is -5.47. The highest BCUT2D eigenvalue weighted by Gasteiger charge is 2.38. The Balaban J connectivity index is 0.000000942. The van der Waals surface area contributed by atoms with Gasteiger partial charge in [-0.05, 0) is 41.7 Å². The number of aromatic nitrogens is 1. The number of amides is 3. The second kappa shape index (κ2) is 18.4. The molecule has 7 N–H and O–H groups in total. The van der Waals surface area contributed by atoms with E-state index in [1.807, 2.05) is 54.6 Å². The Morgan fingerprint density at radius 2 is 1.43 bits per heavy atom. The number of rotatable bonds is 15. The van der Waals surface area contributed by atoms with E-state index in [0.29, 0.717) is 24.3 Å². The van der Waals surface area contributed by atoms with Crippen LogP contribution in [0.4, 0.5) is 19.0 Å². The number of carboxylic acid groups (broad SMARTS) is 2. The van der Waals surface area contributed by atoms with Gasteiger partial charge in [0.1, 0.15) is 11.9 Å². The summed E-state index contributed by atoms with van der Waals surface area (Å²) in [6, 6.07) is 20.5. The van der Waals surface area contributed by atoms with Gasteiger partial charge in [-0.2, -0.15) is 13.2 Å². The third kappa shape index (κ3) is 13.9. The third-order valence-electron chi connectivity index (χ3n) is 6.24. The van der Waals surface area contributed by atoms with Gasteiger partial charge < -0.3 is 31.9 Å². The monoisotopic (exact) mass is 645 g/mol. The number of primary amides is 1. The van der Waals surface area contributed by atoms with E-state index in [1.165, 1.54) is 0 Å². The Bertz CT molecular complexity index is 1440. The maximum Gasteiger partial charge on any atom is 0.490 e. The topological polar surface area (TPSA) is 201 Å². The molecule has 0 saturated carbocycles. The normalized spacial score (nSPS) is 12.0. The number of halogens is 3. The summed E-state index contributed by atoms with van der Waals surface area (Å²) >= 11 is 0. The van der Waals surface area contributed by atoms with Crippen LogP contribution in [0.5, 0.6) is 0 Å². The van der Waals surface area contributed by atoms with Gasteiger partial charge in [-0.1, -0.05) is 60.7 Å². The lowest BCUT2D eigenvalue weighted by molar-refractivity contribution is -0.192. The van der Waals surface area contributed by atoms with Crippen molar-refractivity contribution >= 4 is 35.5 Å². The lowest BCUT2D eigenvalue weighted by atomic mass is 9.98. The smallest absolute Gasteiger partial charge is 0.481 e. The molecular formula is C31H34F3N5O7. The van der Waals surface area contributed by atoms with E-state index < -0.39 is 42.0 Å². The molecule has 12 nitrogen and oxygen atoms in total. The fourth-order valence-corrected chi connectivity index (χ4v) is 3.99. The van der Waals surface area contributed by atoms with Crippen LogP contribution in [0, 0.1) is 0 Å². The molecule has 3 amide bonds. The Kier molecular flexibility index (Phi) is 14.7. The molecule has 0 aliphatic carbocycles. The summed E-state index contributed by atoms with van der Waals surface area (Å²) in [5.74, 6) is -4.73. The summed E-state index contributed by atoms with van der Waals surface area (Å²) in [4.78, 5) is 61.7. The molecule has 1 unspecified atom stereocenters. The fourth-order valence-electron chi connectivity index (χ4n) is 3.99. The molecule has 46 heavy (non-hydrogen) atoms. The number of hydrogen-bond acceptors (Lipinski definition) is 7. The minimum absolute atomic E-state index is 0.00811. The number of pyridine rings is 1. The highest BCUT2D eigenvalue weighted by atomic mass is 19.4. The Labute approximate surface area is 262 Å². The average Bonchev–Trinajstić information content (AvgIpc) is 3.01. The van der Waals surface area contributed by atoms with Crippen LogP contribution in [0.3, 0.4) is 0 Å². The Morgan fingerprint density at radius 3 is 1.98 bits per heavy atom. The molecule has 246 valence electrons. The molecule has 2 aromatic carbocycles. The van der Waals surface area contributed by atoms with E-state index in [1.54, 1.807) is 24.4 Å². The highest BCUT2D eigenvalue weighted by molar-refractivity contribution is 5.88. The number of nitrogens with two attached hydrogens (primary N) is 1. The number of benzene rings is 2. The van der Waals surface area contributed by atoms with Gasteiger partial charge in [0.25, 0.3) is 0 Å². The fraction of sp³-hybridized carbons (Fsp3) is 0.290. The molecule has 3 aromatic rings. The van der Waals surface area contributed by atoms with Gasteiger partial charge in [0, 0.05) is 25.6 Å². The Morgan fingerprint density at radius 1 is 0.826 bits per heavy atom. The van der Waals surface area contributed by atoms with Crippen molar-refractivity contribution in [2.45, 2.75) is 50.4 Å². The van der Waals surface area contributed by atoms with Gasteiger partial charge in [-0.25, -0.2) is 9.78 Å². The first-order valence-electron chi connectivity index (χ1n) is 14.0. The largest absolute Gasteiger partial charge is 0.490 e. The lowest BCUT2D eigenvalue weighted by Gasteiger charge is -2.23. The van der Waals surface area contributed by atoms with Crippen LogP contribution in [0.2, 0.25) is 0 Å². The molecule has 0 bridgehead atoms. The second-order valence-corrected chi connectivity index (χ2v) is 9.82. The van der Waals surface area contributed by atoms with Crippen molar-refractivity contribution in [2.24, 2.45) is 5.73 Å². The number of hydrogen-bond donors (Lipinski definition) is 6. The van der Waals surface area contributed by atoms with Gasteiger partial charge >= 0.3 is 18.1 Å². The number of nitrogens with one attached hydrogen (secondary N) is 3. The van der Waals surface area contributed by atoms with E-state index in [-0.39, 0.29) is 31.6 Å². The summed E-state index contributed by atoms with van der Waals surface area (Å²) < 4.78 is 31.7. The maximum atomic E-state index is 13.2. The highest BCUT2D eigenvalue weighted by Crippen LogP contribution is 2.24. The summed E-state index contributed by atoms with van der Waals surface area (Å²) in [6.45, 7) is 0.502. The van der Waals surface area contributed by atoms with E-state index in [2.05, 4.69) is 20.9 Å². The molecule has 1 heterocycles. The zero-order valence-corrected chi connectivity index (χ0v) is 24.5. The number of alkyl halides is 3. The van der Waals surface area contributed by atoms with Crippen LogP contribution in [0.1, 0.15) is 43.7 Å². The maximum absolute atomic E-state index is 13.2. The van der Waals surface area contributed by atoms with Crippen molar-refractivity contribution in [1.29, 1.82) is 0 Å². The van der Waals surface area contributed by atoms with E-state index >= 15 is 0 Å². The molecule has 0 fully saturated rings. The number of anilines is 1. The van der Waals surface area contributed by atoms with Crippen LogP contribution in [-0.2, 0) is 24.0 Å². The van der Waals surface area contributed by atoms with Crippen LogP contribution in [-0.4, -0.2) is 63.6 Å². The molecule has 0 aliphatic heterocycles. The zero-order chi connectivity index (χ0) is 34.1. The summed E-state index contributed by atoms with van der Waals surface area (Å²) in [7, 11) is 0. The van der Waals surface area contributed by atoms with Crippen molar-refractivity contribution in [3.8, 4) is 11.1 Å². The SMILES string of the molecule is NC(=O)CC[C@@H](NC(=O)CCCNc1ccccn1)C(=O)NC(CC(=O)O)c1ccc(-c2ccccc2)cc1.O=C(O)C(F)(F)F. The van der Waals surface area contributed by atoms with Gasteiger partial charge in [0.15, 0.2) is 0 Å². The first kappa shape index (κ1) is 36.7. The molecule has 15 heteroatoms. The standard InChI is InChI=1S/C29H33N5O5.C2HF3O2/c30-25(35)16-15-23(33-27(36)10-6-18-32-26-9-4-5-17-31-26)29(39)34-24(19-28(37)38)22-13-11-21(12-14-22)20-7-2-1-3-8-20;3-2(4,5)1(6)7/h1-5,7-9,11-14,17,23-24H,6,10,15-16,18-19H2,(H2,30,35)(H,31,32)(H,33,36)(H,34,39)(H,37,38);(H,6,7)/t23-,24?;/m1./s1. The van der Waals surface area contributed by atoms with Crippen LogP contribution in [0.25, 0.3) is 11.1 Å². The van der Waals surface area contributed by atoms with Crippen molar-refractivity contribution in [2.75, 3.05) is 11.9 Å².